The molecular formula is C43H54F3N3O8S. The number of carbonyl (C=O) groups excluding carboxylic acids is 4. The summed E-state index contributed by atoms with van der Waals surface area (Å²) in [4.78, 5) is 62.3. The molecule has 1 saturated heterocycles. The number of allylic oxidation sites excluding steroid dienone is 2. The van der Waals surface area contributed by atoms with Gasteiger partial charge in [0.15, 0.2) is 17.2 Å². The zero-order valence-corrected chi connectivity index (χ0v) is 34.7. The Labute approximate surface area is 337 Å². The van der Waals surface area contributed by atoms with E-state index in [1.807, 2.05) is 32.9 Å². The van der Waals surface area contributed by atoms with E-state index in [9.17, 15) is 40.8 Å². The number of hydrogen-bond donors (Lipinski definition) is 1. The van der Waals surface area contributed by atoms with Gasteiger partial charge >= 0.3 is 12.1 Å². The van der Waals surface area contributed by atoms with E-state index >= 15 is 0 Å². The van der Waals surface area contributed by atoms with Crippen LogP contribution < -0.4 is 9.46 Å². The lowest BCUT2D eigenvalue weighted by Crippen LogP contribution is -2.48. The number of esters is 1. The van der Waals surface area contributed by atoms with Crippen molar-refractivity contribution in [2.75, 3.05) is 6.54 Å². The highest BCUT2D eigenvalue weighted by Gasteiger charge is 2.63. The van der Waals surface area contributed by atoms with Gasteiger partial charge in [0.05, 0.1) is 34.7 Å². The first-order valence-electron chi connectivity index (χ1n) is 20.6. The zero-order valence-electron chi connectivity index (χ0n) is 33.9. The maximum absolute atomic E-state index is 14.8. The molecule has 1 aromatic carbocycles. The first-order valence-corrected chi connectivity index (χ1v) is 22.1. The van der Waals surface area contributed by atoms with Gasteiger partial charge in [-0.3, -0.25) is 23.9 Å². The predicted molar refractivity (Wildman–Crippen MR) is 209 cm³/mol. The summed E-state index contributed by atoms with van der Waals surface area (Å²) in [5.74, 6) is -4.08. The molecule has 0 unspecified atom stereocenters. The Kier molecular flexibility index (Phi) is 11.1. The van der Waals surface area contributed by atoms with E-state index in [0.717, 1.165) is 18.4 Å². The molecule has 2 aromatic rings. The van der Waals surface area contributed by atoms with Crippen LogP contribution in [0.1, 0.15) is 122 Å². The average molecular weight is 830 g/mol. The number of halogens is 3. The van der Waals surface area contributed by atoms with E-state index in [1.165, 1.54) is 4.90 Å². The number of benzene rings is 1. The smallest absolute Gasteiger partial charge is 0.437 e. The van der Waals surface area contributed by atoms with Crippen LogP contribution in [0, 0.1) is 30.1 Å². The van der Waals surface area contributed by atoms with Crippen molar-refractivity contribution < 1.29 is 50.2 Å². The van der Waals surface area contributed by atoms with E-state index in [1.54, 1.807) is 32.0 Å². The molecule has 11 nitrogen and oxygen atoms in total. The van der Waals surface area contributed by atoms with E-state index in [-0.39, 0.29) is 56.5 Å². The summed E-state index contributed by atoms with van der Waals surface area (Å²) < 4.78 is 84.0. The molecule has 3 fully saturated rings. The van der Waals surface area contributed by atoms with E-state index < -0.39 is 91.0 Å². The third-order valence-electron chi connectivity index (χ3n) is 13.4. The predicted octanol–water partition coefficient (Wildman–Crippen LogP) is 7.31. The molecular weight excluding hydrogens is 776 g/mol. The van der Waals surface area contributed by atoms with E-state index in [0.29, 0.717) is 43.1 Å². The maximum Gasteiger partial charge on any atom is 0.437 e. The summed E-state index contributed by atoms with van der Waals surface area (Å²) in [5, 5.41) is 0.530. The van der Waals surface area contributed by atoms with Crippen LogP contribution in [-0.4, -0.2) is 70.9 Å². The van der Waals surface area contributed by atoms with Crippen LogP contribution in [0.5, 0.6) is 5.75 Å². The number of ether oxygens (including phenoxy) is 2. The van der Waals surface area contributed by atoms with Crippen molar-refractivity contribution in [2.45, 2.75) is 147 Å². The second kappa shape index (κ2) is 15.2. The van der Waals surface area contributed by atoms with Crippen LogP contribution in [-0.2, 0) is 46.5 Å². The molecule has 5 aliphatic rings. The summed E-state index contributed by atoms with van der Waals surface area (Å²) in [6.07, 6.45) is 2.17. The van der Waals surface area contributed by atoms with Crippen LogP contribution in [0.3, 0.4) is 0 Å². The molecule has 1 spiro atoms. The Bertz CT molecular complexity index is 2150. The minimum Gasteiger partial charge on any atom is -0.483 e. The van der Waals surface area contributed by atoms with Crippen LogP contribution in [0.4, 0.5) is 13.2 Å². The van der Waals surface area contributed by atoms with Crippen LogP contribution >= 0.6 is 0 Å². The summed E-state index contributed by atoms with van der Waals surface area (Å²) in [7, 11) is -4.04. The molecule has 1 N–H and O–H groups in total. The van der Waals surface area contributed by atoms with Crippen molar-refractivity contribution in [1.82, 2.24) is 14.6 Å². The van der Waals surface area contributed by atoms with Crippen LogP contribution in [0.25, 0.3) is 10.9 Å². The molecule has 2 saturated carbocycles. The SMILES string of the molecule is Cc1ccc2nc(C(F)(F)F)c3c(c2c1)CC[C@]1(C[C@H]2C(=O)C[C@]4(C(=O)NS(=O)(=O)C5(C)CC5)C[C@H]4/C=C\CCCCC[C@H](CC(=O)O[C@@H](C)C(C)C)C(=O)N2C1)O3. The van der Waals surface area contributed by atoms with Gasteiger partial charge in [0.1, 0.15) is 11.7 Å². The fraction of sp³-hybridized carbons (Fsp3) is 0.651. The number of pyridine rings is 1. The van der Waals surface area contributed by atoms with Crippen LogP contribution in [0.15, 0.2) is 30.4 Å². The second-order valence-corrected chi connectivity index (χ2v) is 20.4. The summed E-state index contributed by atoms with van der Waals surface area (Å²) >= 11 is 0. The topological polar surface area (TPSA) is 149 Å². The number of carbonyl (C=O) groups is 4. The molecule has 2 amide bonds. The highest BCUT2D eigenvalue weighted by molar-refractivity contribution is 7.91. The number of rotatable bonds is 7. The van der Waals surface area contributed by atoms with Crippen molar-refractivity contribution >= 4 is 44.5 Å². The average Bonchev–Trinajstić information content (AvgIpc) is 4.04. The molecule has 15 heteroatoms. The van der Waals surface area contributed by atoms with Crippen LogP contribution in [0.2, 0.25) is 0 Å². The Morgan fingerprint density at radius 2 is 1.83 bits per heavy atom. The van der Waals surface area contributed by atoms with Gasteiger partial charge in [0, 0.05) is 29.7 Å². The van der Waals surface area contributed by atoms with Gasteiger partial charge in [-0.15, -0.1) is 0 Å². The summed E-state index contributed by atoms with van der Waals surface area (Å²) in [6.45, 7) is 8.76. The van der Waals surface area contributed by atoms with Crippen molar-refractivity contribution in [2.24, 2.45) is 23.2 Å². The van der Waals surface area contributed by atoms with Crippen molar-refractivity contribution in [3.05, 3.63) is 47.2 Å². The number of fused-ring (bicyclic) bond motifs is 5. The lowest BCUT2D eigenvalue weighted by atomic mass is 9.85. The number of aromatic nitrogens is 1. The third-order valence-corrected chi connectivity index (χ3v) is 15.5. The Morgan fingerprint density at radius 1 is 1.09 bits per heavy atom. The standard InChI is InChI=1S/C43H54F3N3O8S/c1-25(2)27(4)56-35(51)20-28-11-9-7-6-8-10-12-29-21-42(29,39(53)48-58(54,55)40(5)17-18-40)23-34(50)33-22-41(24-49(33)38(28)52)16-15-30-31-19-26(3)13-14-32(31)47-37(36(30)57-41)43(44,45)46/h10,12-14,19,25,27-29,33H,6-9,11,15-18,20-24H2,1-5H3,(H,48,53)/b12-10-/t27-,28+,29+,33-,41+,42+/m0/s1. The molecule has 3 aliphatic heterocycles. The largest absolute Gasteiger partial charge is 0.483 e. The number of alkyl halides is 3. The lowest BCUT2D eigenvalue weighted by Gasteiger charge is -2.37. The van der Waals surface area contributed by atoms with Gasteiger partial charge in [-0.1, -0.05) is 50.5 Å². The Balaban J connectivity index is 1.26. The number of nitrogens with one attached hydrogen (secondary N) is 1. The molecule has 0 radical (unpaired) electrons. The van der Waals surface area contributed by atoms with Gasteiger partial charge in [0.25, 0.3) is 0 Å². The highest BCUT2D eigenvalue weighted by Crippen LogP contribution is 2.58. The first kappa shape index (κ1) is 42.1. The van der Waals surface area contributed by atoms with E-state index in [4.69, 9.17) is 9.47 Å². The lowest BCUT2D eigenvalue weighted by molar-refractivity contribution is -0.155. The summed E-state index contributed by atoms with van der Waals surface area (Å²) in [5.41, 5.74) is -2.64. The normalized spacial score (nSPS) is 29.7. The molecule has 58 heavy (non-hydrogen) atoms. The van der Waals surface area contributed by atoms with E-state index in [2.05, 4.69) is 9.71 Å². The van der Waals surface area contributed by atoms with Gasteiger partial charge < -0.3 is 14.4 Å². The summed E-state index contributed by atoms with van der Waals surface area (Å²) in [6, 6.07) is 3.79. The third kappa shape index (κ3) is 8.12. The van der Waals surface area contributed by atoms with Gasteiger partial charge in [-0.2, -0.15) is 13.2 Å². The maximum atomic E-state index is 14.8. The van der Waals surface area contributed by atoms with Gasteiger partial charge in [-0.25, -0.2) is 13.4 Å². The Morgan fingerprint density at radius 3 is 2.52 bits per heavy atom. The monoisotopic (exact) mass is 829 g/mol. The minimum atomic E-state index is -4.87. The number of hydrogen-bond acceptors (Lipinski definition) is 9. The number of sulfonamides is 1. The number of amides is 2. The van der Waals surface area contributed by atoms with Crippen molar-refractivity contribution in [1.29, 1.82) is 0 Å². The number of nitrogens with zero attached hydrogens (tertiary/aromatic N) is 2. The second-order valence-electron chi connectivity index (χ2n) is 18.2. The fourth-order valence-corrected chi connectivity index (χ4v) is 10.2. The molecule has 316 valence electrons. The van der Waals surface area contributed by atoms with Gasteiger partial charge in [-0.05, 0) is 96.1 Å². The first-order chi connectivity index (χ1) is 27.2. The molecule has 6 atom stereocenters. The van der Waals surface area contributed by atoms with Crippen molar-refractivity contribution in [3.8, 4) is 5.75 Å². The number of aryl methyl sites for hydroxylation is 2. The number of ketones is 1. The van der Waals surface area contributed by atoms with Gasteiger partial charge in [0.2, 0.25) is 21.8 Å². The fourth-order valence-electron chi connectivity index (χ4n) is 8.90. The molecule has 2 aliphatic carbocycles. The zero-order chi connectivity index (χ0) is 42.0. The highest BCUT2D eigenvalue weighted by atomic mass is 32.2. The quantitative estimate of drug-likeness (QED) is 0.224. The minimum absolute atomic E-state index is 0.0300. The molecule has 4 heterocycles. The van der Waals surface area contributed by atoms with Crippen molar-refractivity contribution in [3.63, 3.8) is 0 Å². The molecule has 0 bridgehead atoms. The Hall–Kier alpha value is -4.01. The molecule has 1 aromatic heterocycles. The molecule has 7 rings (SSSR count). The number of Topliss-reactive ketones (excluding diaryl/α,β-unsaturated/α-hetero) is 1.